The lowest BCUT2D eigenvalue weighted by molar-refractivity contribution is 0.0600. The lowest BCUT2D eigenvalue weighted by Crippen LogP contribution is -2.01. The second-order valence-corrected chi connectivity index (χ2v) is 3.30. The summed E-state index contributed by atoms with van der Waals surface area (Å²) in [5.41, 5.74) is 2.40. The number of carbonyl (C=O) groups is 1. The molecule has 3 heteroatoms. The van der Waals surface area contributed by atoms with Gasteiger partial charge in [-0.15, -0.1) is 0 Å². The summed E-state index contributed by atoms with van der Waals surface area (Å²) in [6.45, 7) is 1.95. The zero-order valence-electron chi connectivity index (χ0n) is 8.70. The zero-order valence-corrected chi connectivity index (χ0v) is 9.60. The van der Waals surface area contributed by atoms with Crippen LogP contribution < -0.4 is 0 Å². The summed E-state index contributed by atoms with van der Waals surface area (Å²) in [6, 6.07) is 5.32. The fourth-order valence-corrected chi connectivity index (χ4v) is 1.22. The van der Waals surface area contributed by atoms with Gasteiger partial charge in [-0.2, -0.15) is 12.6 Å². The highest BCUT2D eigenvalue weighted by atomic mass is 32.1. The molecule has 0 aliphatic carbocycles. The van der Waals surface area contributed by atoms with Crippen LogP contribution in [0.2, 0.25) is 0 Å². The predicted molar refractivity (Wildman–Crippen MR) is 63.2 cm³/mol. The Balaban J connectivity index is 3.10. The standard InChI is InChI=1S/C12H12O2S/c1-9-5-6-11(12(13)14-2)8-10(9)4-3-7-15/h5-6,8,15H,7H2,1-2H3. The third kappa shape index (κ3) is 3.03. The van der Waals surface area contributed by atoms with Gasteiger partial charge in [-0.25, -0.2) is 4.79 Å². The van der Waals surface area contributed by atoms with E-state index >= 15 is 0 Å². The minimum Gasteiger partial charge on any atom is -0.465 e. The SMILES string of the molecule is COC(=O)c1ccc(C)c(C#CCS)c1. The van der Waals surface area contributed by atoms with Crippen LogP contribution in [-0.2, 0) is 4.74 Å². The van der Waals surface area contributed by atoms with E-state index in [-0.39, 0.29) is 5.97 Å². The minimum absolute atomic E-state index is 0.344. The molecule has 78 valence electrons. The molecular weight excluding hydrogens is 208 g/mol. The molecule has 0 atom stereocenters. The molecule has 1 aromatic carbocycles. The molecule has 2 nitrogen and oxygen atoms in total. The van der Waals surface area contributed by atoms with E-state index in [9.17, 15) is 4.79 Å². The molecule has 0 aliphatic rings. The number of ether oxygens (including phenoxy) is 1. The first-order valence-electron chi connectivity index (χ1n) is 4.47. The predicted octanol–water partition coefficient (Wildman–Crippen LogP) is 2.06. The van der Waals surface area contributed by atoms with Crippen LogP contribution in [0.5, 0.6) is 0 Å². The fourth-order valence-electron chi connectivity index (χ4n) is 1.14. The molecule has 0 aromatic heterocycles. The average Bonchev–Trinajstić information content (AvgIpc) is 2.27. The molecule has 1 rings (SSSR count). The largest absolute Gasteiger partial charge is 0.465 e. The number of hydrogen-bond donors (Lipinski definition) is 1. The molecule has 0 N–H and O–H groups in total. The number of hydrogen-bond acceptors (Lipinski definition) is 3. The molecule has 0 amide bonds. The molecule has 0 fully saturated rings. The van der Waals surface area contributed by atoms with Gasteiger partial charge in [0.15, 0.2) is 0 Å². The first-order chi connectivity index (χ1) is 7.19. The monoisotopic (exact) mass is 220 g/mol. The van der Waals surface area contributed by atoms with Crippen LogP contribution in [0.15, 0.2) is 18.2 Å². The van der Waals surface area contributed by atoms with E-state index < -0.39 is 0 Å². The number of benzene rings is 1. The summed E-state index contributed by atoms with van der Waals surface area (Å²) in [5.74, 6) is 5.96. The smallest absolute Gasteiger partial charge is 0.337 e. The van der Waals surface area contributed by atoms with Crippen molar-refractivity contribution in [3.63, 3.8) is 0 Å². The Hall–Kier alpha value is -1.40. The van der Waals surface area contributed by atoms with E-state index in [0.29, 0.717) is 11.3 Å². The van der Waals surface area contributed by atoms with Crippen LogP contribution in [0.1, 0.15) is 21.5 Å². The van der Waals surface area contributed by atoms with Crippen LogP contribution >= 0.6 is 12.6 Å². The van der Waals surface area contributed by atoms with Crippen molar-refractivity contribution in [3.05, 3.63) is 34.9 Å². The van der Waals surface area contributed by atoms with Crippen molar-refractivity contribution in [2.24, 2.45) is 0 Å². The van der Waals surface area contributed by atoms with Crippen LogP contribution in [0.3, 0.4) is 0 Å². The van der Waals surface area contributed by atoms with E-state index in [2.05, 4.69) is 29.2 Å². The van der Waals surface area contributed by atoms with E-state index in [0.717, 1.165) is 11.1 Å². The lowest BCUT2D eigenvalue weighted by atomic mass is 10.1. The molecule has 0 bridgehead atoms. The number of esters is 1. The van der Waals surface area contributed by atoms with Crippen LogP contribution in [0.25, 0.3) is 0 Å². The second-order valence-electron chi connectivity index (χ2n) is 2.98. The van der Waals surface area contributed by atoms with E-state index in [4.69, 9.17) is 0 Å². The molecule has 1 aromatic rings. The van der Waals surface area contributed by atoms with Crippen molar-refractivity contribution in [2.75, 3.05) is 12.9 Å². The first kappa shape index (κ1) is 11.7. The molecule has 0 saturated heterocycles. The van der Waals surface area contributed by atoms with Crippen LogP contribution in [0.4, 0.5) is 0 Å². The Morgan fingerprint density at radius 2 is 2.27 bits per heavy atom. The highest BCUT2D eigenvalue weighted by molar-refractivity contribution is 7.80. The van der Waals surface area contributed by atoms with Gasteiger partial charge >= 0.3 is 5.97 Å². The van der Waals surface area contributed by atoms with Gasteiger partial charge in [0, 0.05) is 5.56 Å². The number of methoxy groups -OCH3 is 1. The normalized spacial score (nSPS) is 9.00. The van der Waals surface area contributed by atoms with Crippen molar-refractivity contribution in [1.82, 2.24) is 0 Å². The van der Waals surface area contributed by atoms with Crippen molar-refractivity contribution in [3.8, 4) is 11.8 Å². The average molecular weight is 220 g/mol. The van der Waals surface area contributed by atoms with E-state index in [1.807, 2.05) is 13.0 Å². The molecular formula is C12H12O2S. The third-order valence-electron chi connectivity index (χ3n) is 1.96. The minimum atomic E-state index is -0.344. The van der Waals surface area contributed by atoms with Gasteiger partial charge in [-0.3, -0.25) is 0 Å². The Labute approximate surface area is 95.1 Å². The van der Waals surface area contributed by atoms with Gasteiger partial charge in [0.25, 0.3) is 0 Å². The lowest BCUT2D eigenvalue weighted by Gasteiger charge is -2.02. The topological polar surface area (TPSA) is 26.3 Å². The molecule has 0 heterocycles. The summed E-state index contributed by atoms with van der Waals surface area (Å²) in [6.07, 6.45) is 0. The Morgan fingerprint density at radius 3 is 2.87 bits per heavy atom. The number of rotatable bonds is 1. The molecule has 0 unspecified atom stereocenters. The summed E-state index contributed by atoms with van der Waals surface area (Å²) in [7, 11) is 1.36. The number of thiol groups is 1. The Kier molecular flexibility index (Phi) is 4.26. The van der Waals surface area contributed by atoms with E-state index in [1.54, 1.807) is 12.1 Å². The van der Waals surface area contributed by atoms with Gasteiger partial charge in [0.05, 0.1) is 18.4 Å². The fraction of sp³-hybridized carbons (Fsp3) is 0.250. The highest BCUT2D eigenvalue weighted by Crippen LogP contribution is 2.10. The van der Waals surface area contributed by atoms with E-state index in [1.165, 1.54) is 7.11 Å². The van der Waals surface area contributed by atoms with Crippen molar-refractivity contribution in [1.29, 1.82) is 0 Å². The van der Waals surface area contributed by atoms with Crippen molar-refractivity contribution >= 4 is 18.6 Å². The summed E-state index contributed by atoms with van der Waals surface area (Å²) in [5, 5.41) is 0. The van der Waals surface area contributed by atoms with Crippen molar-refractivity contribution in [2.45, 2.75) is 6.92 Å². The van der Waals surface area contributed by atoms with Gasteiger partial charge in [-0.1, -0.05) is 17.9 Å². The summed E-state index contributed by atoms with van der Waals surface area (Å²) >= 11 is 4.00. The summed E-state index contributed by atoms with van der Waals surface area (Å²) in [4.78, 5) is 11.3. The zero-order chi connectivity index (χ0) is 11.3. The first-order valence-corrected chi connectivity index (χ1v) is 5.11. The van der Waals surface area contributed by atoms with Gasteiger partial charge in [-0.05, 0) is 24.6 Å². The van der Waals surface area contributed by atoms with Gasteiger partial charge in [0.2, 0.25) is 0 Å². The maximum absolute atomic E-state index is 11.3. The molecule has 0 saturated carbocycles. The highest BCUT2D eigenvalue weighted by Gasteiger charge is 2.06. The Morgan fingerprint density at radius 1 is 1.53 bits per heavy atom. The third-order valence-corrected chi connectivity index (χ3v) is 2.12. The quantitative estimate of drug-likeness (QED) is 0.445. The number of aryl methyl sites for hydroxylation is 1. The molecule has 15 heavy (non-hydrogen) atoms. The summed E-state index contributed by atoms with van der Waals surface area (Å²) < 4.78 is 4.63. The van der Waals surface area contributed by atoms with Crippen LogP contribution in [0, 0.1) is 18.8 Å². The second kappa shape index (κ2) is 5.47. The number of carbonyl (C=O) groups excluding carboxylic acids is 1. The Bertz CT molecular complexity index is 427. The maximum Gasteiger partial charge on any atom is 0.337 e. The van der Waals surface area contributed by atoms with Gasteiger partial charge < -0.3 is 4.74 Å². The molecule has 0 spiro atoms. The van der Waals surface area contributed by atoms with Crippen molar-refractivity contribution < 1.29 is 9.53 Å². The van der Waals surface area contributed by atoms with Crippen LogP contribution in [-0.4, -0.2) is 18.8 Å². The van der Waals surface area contributed by atoms with Gasteiger partial charge in [0.1, 0.15) is 0 Å². The molecule has 0 aliphatic heterocycles. The molecule has 0 radical (unpaired) electrons. The maximum atomic E-state index is 11.3.